The van der Waals surface area contributed by atoms with E-state index in [1.165, 1.54) is 0 Å². The fourth-order valence-corrected chi connectivity index (χ4v) is 1.18. The number of carbonyl (C=O) groups is 1. The Hall–Kier alpha value is -0.690. The molecule has 0 aliphatic rings. The fraction of sp³-hybridized carbons (Fsp3) is 0.923. The number of esters is 1. The molecular weight excluding hydrogens is 250 g/mol. The van der Waals surface area contributed by atoms with Gasteiger partial charge in [0.15, 0.2) is 0 Å². The normalized spacial score (nSPS) is 10.9. The van der Waals surface area contributed by atoms with E-state index >= 15 is 0 Å². The van der Waals surface area contributed by atoms with E-state index in [9.17, 15) is 4.79 Å². The maximum atomic E-state index is 11.0. The molecule has 0 aromatic heterocycles. The quantitative estimate of drug-likeness (QED) is 0.362. The minimum Gasteiger partial charge on any atom is -0.466 e. The summed E-state index contributed by atoms with van der Waals surface area (Å²) in [7, 11) is 4.01. The molecule has 0 aliphatic heterocycles. The van der Waals surface area contributed by atoms with Crippen LogP contribution in [0.5, 0.6) is 0 Å². The molecule has 0 atom stereocenters. The summed E-state index contributed by atoms with van der Waals surface area (Å²) in [5, 5.41) is 0. The lowest BCUT2D eigenvalue weighted by Gasteiger charge is -2.10. The average molecular weight is 277 g/mol. The van der Waals surface area contributed by atoms with Crippen LogP contribution in [0.15, 0.2) is 0 Å². The number of rotatable bonds is 13. The van der Waals surface area contributed by atoms with E-state index in [-0.39, 0.29) is 5.97 Å². The summed E-state index contributed by atoms with van der Waals surface area (Å²) in [6, 6.07) is 0. The Morgan fingerprint density at radius 2 is 1.42 bits per heavy atom. The summed E-state index contributed by atoms with van der Waals surface area (Å²) in [6.45, 7) is 6.36. The van der Waals surface area contributed by atoms with E-state index in [0.29, 0.717) is 52.7 Å². The molecule has 6 heteroatoms. The largest absolute Gasteiger partial charge is 0.466 e. The molecule has 0 radical (unpaired) electrons. The van der Waals surface area contributed by atoms with Gasteiger partial charge >= 0.3 is 5.97 Å². The van der Waals surface area contributed by atoms with Gasteiger partial charge in [-0.2, -0.15) is 0 Å². The number of nitrogens with zero attached hydrogens (tertiary/aromatic N) is 1. The van der Waals surface area contributed by atoms with Gasteiger partial charge in [-0.15, -0.1) is 0 Å². The van der Waals surface area contributed by atoms with E-state index in [1.54, 1.807) is 6.92 Å². The molecule has 0 unspecified atom stereocenters. The summed E-state index contributed by atoms with van der Waals surface area (Å²) in [5.41, 5.74) is 0. The molecule has 0 aliphatic carbocycles. The van der Waals surface area contributed by atoms with E-state index in [0.717, 1.165) is 6.54 Å². The second kappa shape index (κ2) is 13.7. The third kappa shape index (κ3) is 15.3. The van der Waals surface area contributed by atoms with Gasteiger partial charge < -0.3 is 23.8 Å². The monoisotopic (exact) mass is 277 g/mol. The summed E-state index contributed by atoms with van der Waals surface area (Å²) in [6.07, 6.45) is 0.293. The van der Waals surface area contributed by atoms with Gasteiger partial charge in [-0.3, -0.25) is 4.79 Å². The first-order valence-corrected chi connectivity index (χ1v) is 6.70. The van der Waals surface area contributed by atoms with Crippen molar-refractivity contribution in [3.63, 3.8) is 0 Å². The van der Waals surface area contributed by atoms with Gasteiger partial charge in [-0.1, -0.05) is 0 Å². The highest BCUT2D eigenvalue weighted by molar-refractivity contribution is 5.69. The first kappa shape index (κ1) is 18.3. The van der Waals surface area contributed by atoms with Gasteiger partial charge in [0.05, 0.1) is 52.7 Å². The van der Waals surface area contributed by atoms with Gasteiger partial charge in [0.2, 0.25) is 0 Å². The van der Waals surface area contributed by atoms with Crippen LogP contribution in [0.2, 0.25) is 0 Å². The number of likely N-dealkylation sites (N-methyl/N-ethyl adjacent to an activating group) is 1. The van der Waals surface area contributed by atoms with E-state index in [1.807, 2.05) is 14.1 Å². The zero-order valence-corrected chi connectivity index (χ0v) is 12.4. The average Bonchev–Trinajstić information content (AvgIpc) is 2.36. The number of hydrogen-bond donors (Lipinski definition) is 0. The molecule has 0 heterocycles. The van der Waals surface area contributed by atoms with Crippen LogP contribution < -0.4 is 0 Å². The van der Waals surface area contributed by atoms with Crippen molar-refractivity contribution in [1.29, 1.82) is 0 Å². The maximum absolute atomic E-state index is 11.0. The van der Waals surface area contributed by atoms with Gasteiger partial charge in [0.25, 0.3) is 0 Å². The summed E-state index contributed by atoms with van der Waals surface area (Å²) >= 11 is 0. The molecular formula is C13H27NO5. The van der Waals surface area contributed by atoms with Crippen LogP contribution >= 0.6 is 0 Å². The zero-order valence-electron chi connectivity index (χ0n) is 12.4. The molecule has 0 fully saturated rings. The predicted octanol–water partition coefficient (Wildman–Crippen LogP) is 0.551. The Kier molecular flexibility index (Phi) is 13.2. The second-order valence-electron chi connectivity index (χ2n) is 4.20. The molecule has 0 N–H and O–H groups in total. The van der Waals surface area contributed by atoms with Crippen molar-refractivity contribution in [2.24, 2.45) is 0 Å². The van der Waals surface area contributed by atoms with Gasteiger partial charge in [-0.25, -0.2) is 0 Å². The second-order valence-corrected chi connectivity index (χ2v) is 4.20. The Morgan fingerprint density at radius 3 is 1.95 bits per heavy atom. The SMILES string of the molecule is CCOC(=O)CCOCCOCCOCCN(C)C. The van der Waals surface area contributed by atoms with E-state index in [2.05, 4.69) is 4.90 Å². The van der Waals surface area contributed by atoms with Crippen LogP contribution in [0.25, 0.3) is 0 Å². The molecule has 0 saturated heterocycles. The van der Waals surface area contributed by atoms with Crippen molar-refractivity contribution in [3.8, 4) is 0 Å². The van der Waals surface area contributed by atoms with E-state index < -0.39 is 0 Å². The van der Waals surface area contributed by atoms with E-state index in [4.69, 9.17) is 18.9 Å². The van der Waals surface area contributed by atoms with Crippen LogP contribution in [-0.4, -0.2) is 77.8 Å². The minimum absolute atomic E-state index is 0.224. The lowest BCUT2D eigenvalue weighted by molar-refractivity contribution is -0.144. The van der Waals surface area contributed by atoms with Crippen molar-refractivity contribution in [2.75, 3.05) is 66.9 Å². The molecule has 0 rings (SSSR count). The smallest absolute Gasteiger partial charge is 0.308 e. The summed E-state index contributed by atoms with van der Waals surface area (Å²) in [4.78, 5) is 13.0. The highest BCUT2D eigenvalue weighted by Crippen LogP contribution is 1.88. The molecule has 0 amide bonds. The molecule has 0 aromatic carbocycles. The van der Waals surface area contributed by atoms with Crippen LogP contribution in [0.3, 0.4) is 0 Å². The van der Waals surface area contributed by atoms with Crippen molar-refractivity contribution < 1.29 is 23.7 Å². The summed E-state index contributed by atoms with van der Waals surface area (Å²) in [5.74, 6) is -0.224. The van der Waals surface area contributed by atoms with Crippen molar-refractivity contribution in [2.45, 2.75) is 13.3 Å². The van der Waals surface area contributed by atoms with Crippen LogP contribution in [0, 0.1) is 0 Å². The molecule has 19 heavy (non-hydrogen) atoms. The van der Waals surface area contributed by atoms with Crippen LogP contribution in [0.4, 0.5) is 0 Å². The topological polar surface area (TPSA) is 57.2 Å². The number of ether oxygens (including phenoxy) is 4. The first-order chi connectivity index (χ1) is 9.16. The first-order valence-electron chi connectivity index (χ1n) is 6.70. The van der Waals surface area contributed by atoms with Crippen molar-refractivity contribution in [3.05, 3.63) is 0 Å². The van der Waals surface area contributed by atoms with Gasteiger partial charge in [-0.05, 0) is 21.0 Å². The highest BCUT2D eigenvalue weighted by atomic mass is 16.5. The molecule has 6 nitrogen and oxygen atoms in total. The van der Waals surface area contributed by atoms with Crippen LogP contribution in [-0.2, 0) is 23.7 Å². The fourth-order valence-electron chi connectivity index (χ4n) is 1.18. The zero-order chi connectivity index (χ0) is 14.3. The highest BCUT2D eigenvalue weighted by Gasteiger charge is 2.00. The maximum Gasteiger partial charge on any atom is 0.308 e. The predicted molar refractivity (Wildman–Crippen MR) is 72.3 cm³/mol. The van der Waals surface area contributed by atoms with Gasteiger partial charge in [0, 0.05) is 6.54 Å². The Labute approximate surface area is 115 Å². The third-order valence-corrected chi connectivity index (χ3v) is 2.18. The third-order valence-electron chi connectivity index (χ3n) is 2.18. The Balaban J connectivity index is 3.05. The molecule has 0 bridgehead atoms. The van der Waals surface area contributed by atoms with Gasteiger partial charge in [0.1, 0.15) is 0 Å². The standard InChI is InChI=1S/C13H27NO5/c1-4-19-13(15)5-7-16-9-11-18-12-10-17-8-6-14(2)3/h4-12H2,1-3H3. The molecule has 0 saturated carbocycles. The Bertz CT molecular complexity index is 211. The summed E-state index contributed by atoms with van der Waals surface area (Å²) < 4.78 is 20.7. The van der Waals surface area contributed by atoms with Crippen molar-refractivity contribution >= 4 is 5.97 Å². The lowest BCUT2D eigenvalue weighted by Crippen LogP contribution is -2.19. The Morgan fingerprint density at radius 1 is 0.895 bits per heavy atom. The molecule has 0 spiro atoms. The number of carbonyl (C=O) groups excluding carboxylic acids is 1. The molecule has 114 valence electrons. The lowest BCUT2D eigenvalue weighted by atomic mass is 10.5. The molecule has 0 aromatic rings. The van der Waals surface area contributed by atoms with Crippen LogP contribution in [0.1, 0.15) is 13.3 Å². The number of hydrogen-bond acceptors (Lipinski definition) is 6. The van der Waals surface area contributed by atoms with Crippen molar-refractivity contribution in [1.82, 2.24) is 4.90 Å². The minimum atomic E-state index is -0.224.